The minimum atomic E-state index is -0.460. The summed E-state index contributed by atoms with van der Waals surface area (Å²) >= 11 is 0.239. The number of hydrogen-bond donors (Lipinski definition) is 0. The van der Waals surface area contributed by atoms with Gasteiger partial charge in [-0.15, -0.1) is 5.10 Å². The Morgan fingerprint density at radius 2 is 2.24 bits per heavy atom. The van der Waals surface area contributed by atoms with Gasteiger partial charge in [-0.1, -0.05) is 16.8 Å². The average Bonchev–Trinajstić information content (AvgIpc) is 2.93. The van der Waals surface area contributed by atoms with E-state index in [4.69, 9.17) is 4.42 Å². The molecule has 0 aliphatic carbocycles. The summed E-state index contributed by atoms with van der Waals surface area (Å²) in [5, 5.41) is 8.66. The van der Waals surface area contributed by atoms with Crippen LogP contribution in [0.2, 0.25) is 0 Å². The quantitative estimate of drug-likeness (QED) is 0.693. The van der Waals surface area contributed by atoms with Gasteiger partial charge in [-0.05, 0) is 25.1 Å². The Bertz CT molecular complexity index is 844. The minimum Gasteiger partial charge on any atom is -0.422 e. The molecule has 21 heavy (non-hydrogen) atoms. The SMILES string of the molecule is Cc1ccc2oc(=O)c(-c3cn(CCSF)nn3)cc2c1. The molecular weight excluding hydrogens is 293 g/mol. The van der Waals surface area contributed by atoms with Gasteiger partial charge in [-0.2, -0.15) is 3.89 Å². The van der Waals surface area contributed by atoms with Crippen LogP contribution in [0.3, 0.4) is 0 Å². The van der Waals surface area contributed by atoms with Gasteiger partial charge in [-0.25, -0.2) is 4.79 Å². The van der Waals surface area contributed by atoms with Crippen LogP contribution in [0.1, 0.15) is 5.56 Å². The number of benzene rings is 1. The van der Waals surface area contributed by atoms with Crippen LogP contribution in [0.5, 0.6) is 0 Å². The second-order valence-electron chi connectivity index (χ2n) is 4.67. The first kappa shape index (κ1) is 13.8. The molecule has 3 rings (SSSR count). The topological polar surface area (TPSA) is 60.9 Å². The van der Waals surface area contributed by atoms with E-state index in [1.54, 1.807) is 18.3 Å². The maximum absolute atomic E-state index is 12.1. The van der Waals surface area contributed by atoms with Gasteiger partial charge >= 0.3 is 5.63 Å². The molecule has 0 spiro atoms. The Labute approximate surface area is 124 Å². The van der Waals surface area contributed by atoms with Crippen molar-refractivity contribution < 1.29 is 8.30 Å². The van der Waals surface area contributed by atoms with Crippen LogP contribution in [0.25, 0.3) is 22.2 Å². The van der Waals surface area contributed by atoms with Gasteiger partial charge in [-0.3, -0.25) is 4.68 Å². The van der Waals surface area contributed by atoms with E-state index in [1.807, 2.05) is 19.1 Å². The smallest absolute Gasteiger partial charge is 0.345 e. The van der Waals surface area contributed by atoms with E-state index in [0.717, 1.165) is 10.9 Å². The molecule has 0 aliphatic rings. The van der Waals surface area contributed by atoms with Crippen molar-refractivity contribution in [2.75, 3.05) is 5.75 Å². The van der Waals surface area contributed by atoms with Crippen molar-refractivity contribution in [1.29, 1.82) is 0 Å². The highest BCUT2D eigenvalue weighted by atomic mass is 32.2. The summed E-state index contributed by atoms with van der Waals surface area (Å²) < 4.78 is 18.9. The molecule has 0 saturated carbocycles. The maximum atomic E-state index is 12.1. The lowest BCUT2D eigenvalue weighted by molar-refractivity contribution is 0.563. The fourth-order valence-electron chi connectivity index (χ4n) is 2.08. The van der Waals surface area contributed by atoms with Crippen molar-refractivity contribution in [3.05, 3.63) is 46.4 Å². The van der Waals surface area contributed by atoms with Crippen LogP contribution in [-0.2, 0) is 6.54 Å². The van der Waals surface area contributed by atoms with Crippen LogP contribution < -0.4 is 5.63 Å². The van der Waals surface area contributed by atoms with Crippen molar-refractivity contribution >= 4 is 23.1 Å². The normalized spacial score (nSPS) is 11.1. The van der Waals surface area contributed by atoms with Gasteiger partial charge in [0.2, 0.25) is 0 Å². The molecule has 2 heterocycles. The lowest BCUT2D eigenvalue weighted by atomic mass is 10.1. The molecule has 0 saturated heterocycles. The van der Waals surface area contributed by atoms with Crippen LogP contribution >= 0.6 is 12.1 Å². The third-order valence-corrected chi connectivity index (χ3v) is 3.44. The monoisotopic (exact) mass is 305 g/mol. The zero-order chi connectivity index (χ0) is 14.8. The number of halogens is 1. The average molecular weight is 305 g/mol. The minimum absolute atomic E-state index is 0.239. The molecular formula is C14H12FN3O2S. The molecule has 5 nitrogen and oxygen atoms in total. The zero-order valence-electron chi connectivity index (χ0n) is 11.2. The van der Waals surface area contributed by atoms with Gasteiger partial charge in [0.25, 0.3) is 0 Å². The summed E-state index contributed by atoms with van der Waals surface area (Å²) in [4.78, 5) is 12.0. The summed E-state index contributed by atoms with van der Waals surface area (Å²) in [5.74, 6) is 0.286. The highest BCUT2D eigenvalue weighted by molar-refractivity contribution is 7.94. The van der Waals surface area contributed by atoms with Crippen LogP contribution in [0.4, 0.5) is 3.89 Å². The maximum Gasteiger partial charge on any atom is 0.345 e. The van der Waals surface area contributed by atoms with Gasteiger partial charge in [0.05, 0.1) is 18.3 Å². The molecule has 0 bridgehead atoms. The van der Waals surface area contributed by atoms with Gasteiger partial charge in [0.15, 0.2) is 0 Å². The second-order valence-corrected chi connectivity index (χ2v) is 5.30. The molecule has 0 unspecified atom stereocenters. The van der Waals surface area contributed by atoms with Crippen LogP contribution in [0, 0.1) is 6.92 Å². The number of nitrogens with zero attached hydrogens (tertiary/aromatic N) is 3. The number of rotatable bonds is 4. The van der Waals surface area contributed by atoms with Crippen molar-refractivity contribution in [3.8, 4) is 11.3 Å². The predicted octanol–water partition coefficient (Wildman–Crippen LogP) is 2.98. The number of aryl methyl sites for hydroxylation is 2. The van der Waals surface area contributed by atoms with Crippen molar-refractivity contribution in [1.82, 2.24) is 15.0 Å². The zero-order valence-corrected chi connectivity index (χ0v) is 12.1. The van der Waals surface area contributed by atoms with Crippen molar-refractivity contribution in [2.24, 2.45) is 0 Å². The van der Waals surface area contributed by atoms with E-state index in [9.17, 15) is 8.68 Å². The van der Waals surface area contributed by atoms with Gasteiger partial charge in [0.1, 0.15) is 11.3 Å². The highest BCUT2D eigenvalue weighted by Gasteiger charge is 2.11. The Hall–Kier alpha value is -2.15. The molecule has 0 amide bonds. The predicted molar refractivity (Wildman–Crippen MR) is 79.8 cm³/mol. The fourth-order valence-corrected chi connectivity index (χ4v) is 2.34. The Morgan fingerprint density at radius 3 is 3.05 bits per heavy atom. The summed E-state index contributed by atoms with van der Waals surface area (Å²) in [6.07, 6.45) is 1.62. The lowest BCUT2D eigenvalue weighted by Crippen LogP contribution is -2.03. The van der Waals surface area contributed by atoms with E-state index in [2.05, 4.69) is 10.3 Å². The molecule has 0 fully saturated rings. The van der Waals surface area contributed by atoms with Gasteiger partial charge < -0.3 is 4.42 Å². The first-order valence-electron chi connectivity index (χ1n) is 6.36. The molecule has 7 heteroatoms. The molecule has 2 aromatic heterocycles. The summed E-state index contributed by atoms with van der Waals surface area (Å²) in [7, 11) is 0. The van der Waals surface area contributed by atoms with E-state index >= 15 is 0 Å². The molecule has 0 aliphatic heterocycles. The third kappa shape index (κ3) is 2.82. The van der Waals surface area contributed by atoms with E-state index in [-0.39, 0.29) is 17.9 Å². The fraction of sp³-hybridized carbons (Fsp3) is 0.214. The molecule has 108 valence electrons. The summed E-state index contributed by atoms with van der Waals surface area (Å²) in [6.45, 7) is 2.36. The largest absolute Gasteiger partial charge is 0.422 e. The summed E-state index contributed by atoms with van der Waals surface area (Å²) in [5.41, 5.74) is 1.93. The Balaban J connectivity index is 2.05. The summed E-state index contributed by atoms with van der Waals surface area (Å²) in [6, 6.07) is 7.33. The molecule has 0 radical (unpaired) electrons. The Morgan fingerprint density at radius 1 is 1.38 bits per heavy atom. The van der Waals surface area contributed by atoms with E-state index < -0.39 is 5.63 Å². The molecule has 1 aromatic carbocycles. The standard InChI is InChI=1S/C14H12FN3O2S/c1-9-2-3-13-10(6-9)7-11(14(19)20-13)12-8-18(17-16-12)4-5-21-15/h2-3,6-8H,4-5H2,1H3. The first-order chi connectivity index (χ1) is 10.2. The molecule has 3 aromatic rings. The second kappa shape index (κ2) is 5.69. The third-order valence-electron chi connectivity index (χ3n) is 3.10. The van der Waals surface area contributed by atoms with E-state index in [1.165, 1.54) is 4.68 Å². The number of fused-ring (bicyclic) bond motifs is 1. The highest BCUT2D eigenvalue weighted by Crippen LogP contribution is 2.20. The Kier molecular flexibility index (Phi) is 3.74. The van der Waals surface area contributed by atoms with Crippen molar-refractivity contribution in [3.63, 3.8) is 0 Å². The van der Waals surface area contributed by atoms with Gasteiger partial charge in [0, 0.05) is 23.3 Å². The number of aromatic nitrogens is 3. The van der Waals surface area contributed by atoms with Crippen LogP contribution in [0.15, 0.2) is 39.7 Å². The number of hydrogen-bond acceptors (Lipinski definition) is 5. The van der Waals surface area contributed by atoms with Crippen molar-refractivity contribution in [2.45, 2.75) is 13.5 Å². The van der Waals surface area contributed by atoms with E-state index in [0.29, 0.717) is 23.4 Å². The lowest BCUT2D eigenvalue weighted by Gasteiger charge is -2.00. The first-order valence-corrected chi connectivity index (χ1v) is 7.24. The van der Waals surface area contributed by atoms with Crippen LogP contribution in [-0.4, -0.2) is 20.7 Å². The molecule has 0 atom stereocenters. The molecule has 0 N–H and O–H groups in total.